The van der Waals surface area contributed by atoms with Gasteiger partial charge in [0.2, 0.25) is 10.0 Å². The number of sulfonamides is 1. The molecule has 1 fully saturated rings. The van der Waals surface area contributed by atoms with Crippen molar-refractivity contribution in [3.8, 4) is 0 Å². The standard InChI is InChI=1S/C17H27BrN4O7S2/c1-13-11-15(22(23)24)12-16(31(27,28)21-6-3-14(19)4-7-21)17(13)20(8-5-18)9-10-29-30(2,25)26/h11-12,14H,3-10,19H2,1-2H3. The summed E-state index contributed by atoms with van der Waals surface area (Å²) in [5.41, 5.74) is 6.23. The lowest BCUT2D eigenvalue weighted by molar-refractivity contribution is -0.385. The first-order valence-corrected chi connectivity index (χ1v) is 13.9. The molecular weight excluding hydrogens is 516 g/mol. The normalized spacial score (nSPS) is 16.4. The Morgan fingerprint density at radius 2 is 1.87 bits per heavy atom. The predicted molar refractivity (Wildman–Crippen MR) is 121 cm³/mol. The summed E-state index contributed by atoms with van der Waals surface area (Å²) in [6.07, 6.45) is 1.92. The van der Waals surface area contributed by atoms with E-state index >= 15 is 0 Å². The van der Waals surface area contributed by atoms with Crippen LogP contribution in [-0.4, -0.2) is 76.5 Å². The molecular formula is C17H27BrN4O7S2. The van der Waals surface area contributed by atoms with Crippen molar-refractivity contribution in [3.05, 3.63) is 27.8 Å². The van der Waals surface area contributed by atoms with Crippen LogP contribution in [0.1, 0.15) is 18.4 Å². The molecule has 0 spiro atoms. The molecule has 1 saturated heterocycles. The number of hydrogen-bond donors (Lipinski definition) is 1. The Kier molecular flexibility index (Phi) is 8.81. The topological polar surface area (TPSA) is 153 Å². The summed E-state index contributed by atoms with van der Waals surface area (Å²) in [6, 6.07) is 2.28. The number of nitrogens with two attached hydrogens (primary N) is 1. The molecule has 14 heteroatoms. The number of nitro benzene ring substituents is 1. The van der Waals surface area contributed by atoms with Gasteiger partial charge in [-0.3, -0.25) is 14.3 Å². The molecule has 0 bridgehead atoms. The van der Waals surface area contributed by atoms with Crippen molar-refractivity contribution < 1.29 is 25.9 Å². The maximum absolute atomic E-state index is 13.5. The number of hydrogen-bond acceptors (Lipinski definition) is 9. The van der Waals surface area contributed by atoms with E-state index in [0.717, 1.165) is 12.3 Å². The van der Waals surface area contributed by atoms with Crippen LogP contribution in [-0.2, 0) is 24.3 Å². The minimum atomic E-state index is -4.05. The van der Waals surface area contributed by atoms with Gasteiger partial charge in [-0.25, -0.2) is 8.42 Å². The average molecular weight is 543 g/mol. The third-order valence-electron chi connectivity index (χ3n) is 4.91. The first kappa shape index (κ1) is 25.9. The van der Waals surface area contributed by atoms with Crippen molar-refractivity contribution in [2.75, 3.05) is 49.3 Å². The van der Waals surface area contributed by atoms with Crippen LogP contribution in [0.25, 0.3) is 0 Å². The number of piperidine rings is 1. The van der Waals surface area contributed by atoms with E-state index in [1.807, 2.05) is 0 Å². The van der Waals surface area contributed by atoms with Crippen LogP contribution >= 0.6 is 15.9 Å². The first-order valence-electron chi connectivity index (χ1n) is 9.57. The fraction of sp³-hybridized carbons (Fsp3) is 0.647. The first-order chi connectivity index (χ1) is 14.4. The van der Waals surface area contributed by atoms with Crippen LogP contribution in [0.4, 0.5) is 11.4 Å². The van der Waals surface area contributed by atoms with E-state index in [1.165, 1.54) is 10.4 Å². The highest BCUT2D eigenvalue weighted by molar-refractivity contribution is 9.09. The lowest BCUT2D eigenvalue weighted by Crippen LogP contribution is -2.43. The van der Waals surface area contributed by atoms with Crippen LogP contribution in [0.5, 0.6) is 0 Å². The molecule has 1 aromatic carbocycles. The van der Waals surface area contributed by atoms with Gasteiger partial charge in [-0.1, -0.05) is 15.9 Å². The molecule has 2 rings (SSSR count). The number of non-ortho nitro benzene ring substituents is 1. The van der Waals surface area contributed by atoms with Gasteiger partial charge in [-0.05, 0) is 25.3 Å². The maximum Gasteiger partial charge on any atom is 0.271 e. The quantitative estimate of drug-likeness (QED) is 0.198. The molecule has 0 atom stereocenters. The van der Waals surface area contributed by atoms with E-state index in [9.17, 15) is 26.9 Å². The van der Waals surface area contributed by atoms with Crippen LogP contribution in [0, 0.1) is 17.0 Å². The van der Waals surface area contributed by atoms with Gasteiger partial charge in [0.25, 0.3) is 15.8 Å². The molecule has 0 unspecified atom stereocenters. The molecule has 176 valence electrons. The van der Waals surface area contributed by atoms with E-state index < -0.39 is 25.1 Å². The highest BCUT2D eigenvalue weighted by Crippen LogP contribution is 2.36. The number of rotatable bonds is 10. The smallest absolute Gasteiger partial charge is 0.271 e. The maximum atomic E-state index is 13.5. The van der Waals surface area contributed by atoms with E-state index in [0.29, 0.717) is 30.3 Å². The SMILES string of the molecule is Cc1cc([N+](=O)[O-])cc(S(=O)(=O)N2CCC(N)CC2)c1N(CCBr)CCOS(C)(=O)=O. The number of nitrogens with zero attached hydrogens (tertiary/aromatic N) is 3. The molecule has 1 aliphatic heterocycles. The number of nitro groups is 1. The average Bonchev–Trinajstić information content (AvgIpc) is 2.66. The summed E-state index contributed by atoms with van der Waals surface area (Å²) in [5.74, 6) is 0. The summed E-state index contributed by atoms with van der Waals surface area (Å²) in [5, 5.41) is 11.9. The molecule has 31 heavy (non-hydrogen) atoms. The molecule has 11 nitrogen and oxygen atoms in total. The van der Waals surface area contributed by atoms with Gasteiger partial charge in [-0.2, -0.15) is 12.7 Å². The minimum absolute atomic E-state index is 0.0741. The van der Waals surface area contributed by atoms with E-state index in [2.05, 4.69) is 15.9 Å². The van der Waals surface area contributed by atoms with Crippen LogP contribution in [0.2, 0.25) is 0 Å². The fourth-order valence-corrected chi connectivity index (χ4v) is 6.01. The van der Waals surface area contributed by atoms with Crippen molar-refractivity contribution in [1.82, 2.24) is 4.31 Å². The van der Waals surface area contributed by atoms with Gasteiger partial charge in [0.05, 0.1) is 23.5 Å². The summed E-state index contributed by atoms with van der Waals surface area (Å²) in [7, 11) is -7.73. The summed E-state index contributed by atoms with van der Waals surface area (Å²) in [6.45, 7) is 2.25. The van der Waals surface area contributed by atoms with Crippen molar-refractivity contribution in [1.29, 1.82) is 0 Å². The molecule has 1 aromatic rings. The predicted octanol–water partition coefficient (Wildman–Crippen LogP) is 1.19. The van der Waals surface area contributed by atoms with Crippen LogP contribution < -0.4 is 10.6 Å². The van der Waals surface area contributed by atoms with Gasteiger partial charge in [0, 0.05) is 49.7 Å². The molecule has 0 aromatic heterocycles. The van der Waals surface area contributed by atoms with Crippen LogP contribution in [0.15, 0.2) is 17.0 Å². The second kappa shape index (κ2) is 10.5. The van der Waals surface area contributed by atoms with Crippen molar-refractivity contribution in [3.63, 3.8) is 0 Å². The van der Waals surface area contributed by atoms with Gasteiger partial charge < -0.3 is 10.6 Å². The summed E-state index contributed by atoms with van der Waals surface area (Å²) in [4.78, 5) is 12.2. The molecule has 1 heterocycles. The molecule has 1 aliphatic rings. The number of halogens is 1. The Morgan fingerprint density at radius 1 is 1.26 bits per heavy atom. The molecule has 0 saturated carbocycles. The Labute approximate surface area is 191 Å². The van der Waals surface area contributed by atoms with Gasteiger partial charge >= 0.3 is 0 Å². The Hall–Kier alpha value is -1.32. The van der Waals surface area contributed by atoms with E-state index in [4.69, 9.17) is 9.92 Å². The Morgan fingerprint density at radius 3 is 2.39 bits per heavy atom. The third kappa shape index (κ3) is 6.83. The van der Waals surface area contributed by atoms with E-state index in [-0.39, 0.29) is 48.6 Å². The van der Waals surface area contributed by atoms with Gasteiger partial charge in [-0.15, -0.1) is 0 Å². The second-order valence-corrected chi connectivity index (χ2v) is 11.7. The summed E-state index contributed by atoms with van der Waals surface area (Å²) < 4.78 is 55.7. The third-order valence-corrected chi connectivity index (χ3v) is 7.77. The highest BCUT2D eigenvalue weighted by atomic mass is 79.9. The van der Waals surface area contributed by atoms with Crippen molar-refractivity contribution >= 4 is 47.4 Å². The number of benzene rings is 1. The minimum Gasteiger partial charge on any atom is -0.367 e. The lowest BCUT2D eigenvalue weighted by atomic mass is 10.1. The Balaban J connectivity index is 2.55. The monoisotopic (exact) mass is 542 g/mol. The largest absolute Gasteiger partial charge is 0.367 e. The van der Waals surface area contributed by atoms with Gasteiger partial charge in [0.15, 0.2) is 0 Å². The zero-order chi connectivity index (χ0) is 23.4. The lowest BCUT2D eigenvalue weighted by Gasteiger charge is -2.32. The van der Waals surface area contributed by atoms with Crippen molar-refractivity contribution in [2.45, 2.75) is 30.7 Å². The number of alkyl halides is 1. The number of anilines is 1. The molecule has 0 aliphatic carbocycles. The molecule has 0 amide bonds. The zero-order valence-corrected chi connectivity index (χ0v) is 20.6. The Bertz CT molecular complexity index is 1010. The molecule has 2 N–H and O–H groups in total. The van der Waals surface area contributed by atoms with Crippen LogP contribution in [0.3, 0.4) is 0 Å². The number of aryl methyl sites for hydroxylation is 1. The van der Waals surface area contributed by atoms with E-state index in [1.54, 1.807) is 11.8 Å². The van der Waals surface area contributed by atoms with Crippen molar-refractivity contribution in [2.24, 2.45) is 5.73 Å². The van der Waals surface area contributed by atoms with Gasteiger partial charge in [0.1, 0.15) is 4.90 Å². The fourth-order valence-electron chi connectivity index (χ4n) is 3.43. The summed E-state index contributed by atoms with van der Waals surface area (Å²) >= 11 is 3.32. The zero-order valence-electron chi connectivity index (χ0n) is 17.4. The highest BCUT2D eigenvalue weighted by Gasteiger charge is 2.34. The second-order valence-electron chi connectivity index (χ2n) is 7.31. The molecule has 0 radical (unpaired) electrons.